The average molecular weight is 455 g/mol. The third kappa shape index (κ3) is 5.29. The highest BCUT2D eigenvalue weighted by Gasteiger charge is 2.11. The highest BCUT2D eigenvalue weighted by molar-refractivity contribution is 5.83. The van der Waals surface area contributed by atoms with E-state index in [1.165, 1.54) is 19.3 Å². The number of amides is 1. The van der Waals surface area contributed by atoms with Gasteiger partial charge in [-0.05, 0) is 73.5 Å². The molecule has 1 aliphatic rings. The number of imidazole rings is 1. The summed E-state index contributed by atoms with van der Waals surface area (Å²) in [5.74, 6) is 0.602. The molecule has 1 N–H and O–H groups in total. The molecule has 0 unspecified atom stereocenters. The van der Waals surface area contributed by atoms with Crippen LogP contribution in [0.15, 0.2) is 79.1 Å². The van der Waals surface area contributed by atoms with Gasteiger partial charge in [-0.1, -0.05) is 42.8 Å². The summed E-state index contributed by atoms with van der Waals surface area (Å²) in [7, 11) is 0. The molecule has 1 amide bonds. The second kappa shape index (κ2) is 10.5. The first-order valence-corrected chi connectivity index (χ1v) is 12.0. The molecule has 6 heteroatoms. The van der Waals surface area contributed by atoms with Crippen LogP contribution in [0.5, 0.6) is 5.75 Å². The lowest BCUT2D eigenvalue weighted by Crippen LogP contribution is -2.39. The fourth-order valence-corrected chi connectivity index (χ4v) is 4.47. The van der Waals surface area contributed by atoms with E-state index in [1.807, 2.05) is 48.8 Å². The predicted molar refractivity (Wildman–Crippen MR) is 135 cm³/mol. The SMILES string of the molecule is O=C(COc1ccc(-c2ccc3c(c2)ncn3-c2ccccc2)cc1)NCCN1CCCCC1. The number of carbonyl (C=O) groups is 1. The summed E-state index contributed by atoms with van der Waals surface area (Å²) < 4.78 is 7.77. The van der Waals surface area contributed by atoms with E-state index in [0.717, 1.165) is 47.5 Å². The van der Waals surface area contributed by atoms with Crippen molar-refractivity contribution in [1.29, 1.82) is 0 Å². The molecular formula is C28H30N4O2. The lowest BCUT2D eigenvalue weighted by atomic mass is 10.0. The molecule has 0 radical (unpaired) electrons. The van der Waals surface area contributed by atoms with Gasteiger partial charge in [-0.15, -0.1) is 0 Å². The van der Waals surface area contributed by atoms with Crippen molar-refractivity contribution in [3.63, 3.8) is 0 Å². The summed E-state index contributed by atoms with van der Waals surface area (Å²) in [5.41, 5.74) is 5.28. The molecule has 174 valence electrons. The van der Waals surface area contributed by atoms with Crippen LogP contribution in [0.1, 0.15) is 19.3 Å². The number of ether oxygens (including phenoxy) is 1. The fraction of sp³-hybridized carbons (Fsp3) is 0.286. The number of likely N-dealkylation sites (tertiary alicyclic amines) is 1. The molecule has 0 aliphatic carbocycles. The molecule has 1 aliphatic heterocycles. The van der Waals surface area contributed by atoms with Crippen LogP contribution in [0.4, 0.5) is 0 Å². The lowest BCUT2D eigenvalue weighted by Gasteiger charge is -2.26. The van der Waals surface area contributed by atoms with Gasteiger partial charge >= 0.3 is 0 Å². The van der Waals surface area contributed by atoms with Gasteiger partial charge in [0.25, 0.3) is 5.91 Å². The van der Waals surface area contributed by atoms with Crippen LogP contribution in [-0.2, 0) is 4.79 Å². The Kier molecular flexibility index (Phi) is 6.86. The van der Waals surface area contributed by atoms with E-state index in [4.69, 9.17) is 4.74 Å². The van der Waals surface area contributed by atoms with Gasteiger partial charge in [-0.3, -0.25) is 9.36 Å². The Bertz CT molecular complexity index is 1230. The molecule has 5 rings (SSSR count). The van der Waals surface area contributed by atoms with Gasteiger partial charge in [0.05, 0.1) is 11.0 Å². The van der Waals surface area contributed by atoms with Crippen LogP contribution in [0.2, 0.25) is 0 Å². The highest BCUT2D eigenvalue weighted by Crippen LogP contribution is 2.27. The van der Waals surface area contributed by atoms with E-state index >= 15 is 0 Å². The van der Waals surface area contributed by atoms with Crippen molar-refractivity contribution in [3.05, 3.63) is 79.1 Å². The number of piperidine rings is 1. The Morgan fingerprint density at radius 3 is 2.47 bits per heavy atom. The number of hydrogen-bond donors (Lipinski definition) is 1. The monoisotopic (exact) mass is 454 g/mol. The van der Waals surface area contributed by atoms with Crippen molar-refractivity contribution >= 4 is 16.9 Å². The Balaban J connectivity index is 1.16. The first kappa shape index (κ1) is 22.2. The Morgan fingerprint density at radius 1 is 0.912 bits per heavy atom. The van der Waals surface area contributed by atoms with Crippen LogP contribution < -0.4 is 10.1 Å². The summed E-state index contributed by atoms with van der Waals surface area (Å²) >= 11 is 0. The number of carbonyl (C=O) groups excluding carboxylic acids is 1. The maximum Gasteiger partial charge on any atom is 0.257 e. The van der Waals surface area contributed by atoms with Crippen LogP contribution in [0.25, 0.3) is 27.8 Å². The average Bonchev–Trinajstić information content (AvgIpc) is 3.32. The minimum Gasteiger partial charge on any atom is -0.484 e. The van der Waals surface area contributed by atoms with Crippen LogP contribution in [-0.4, -0.2) is 53.1 Å². The van der Waals surface area contributed by atoms with Gasteiger partial charge in [0.15, 0.2) is 6.61 Å². The molecule has 0 bridgehead atoms. The van der Waals surface area contributed by atoms with E-state index in [2.05, 4.69) is 50.1 Å². The van der Waals surface area contributed by atoms with Gasteiger partial charge in [0.1, 0.15) is 12.1 Å². The van der Waals surface area contributed by atoms with Gasteiger partial charge in [0.2, 0.25) is 0 Å². The molecule has 2 heterocycles. The third-order valence-electron chi connectivity index (χ3n) is 6.34. The van der Waals surface area contributed by atoms with Gasteiger partial charge in [-0.2, -0.15) is 0 Å². The third-order valence-corrected chi connectivity index (χ3v) is 6.34. The van der Waals surface area contributed by atoms with Crippen molar-refractivity contribution in [2.24, 2.45) is 0 Å². The topological polar surface area (TPSA) is 59.4 Å². The van der Waals surface area contributed by atoms with Crippen molar-refractivity contribution in [2.45, 2.75) is 19.3 Å². The molecule has 3 aromatic carbocycles. The van der Waals surface area contributed by atoms with Crippen molar-refractivity contribution in [2.75, 3.05) is 32.8 Å². The Hall–Kier alpha value is -3.64. The molecule has 1 aromatic heterocycles. The molecular weight excluding hydrogens is 424 g/mol. The largest absolute Gasteiger partial charge is 0.484 e. The summed E-state index contributed by atoms with van der Waals surface area (Å²) in [5, 5.41) is 2.95. The molecule has 6 nitrogen and oxygen atoms in total. The second-order valence-corrected chi connectivity index (χ2v) is 8.72. The number of fused-ring (bicyclic) bond motifs is 1. The Labute approximate surface area is 200 Å². The van der Waals surface area contributed by atoms with Crippen LogP contribution in [0.3, 0.4) is 0 Å². The molecule has 0 atom stereocenters. The van der Waals surface area contributed by atoms with Crippen molar-refractivity contribution in [3.8, 4) is 22.6 Å². The minimum atomic E-state index is -0.0828. The maximum absolute atomic E-state index is 12.1. The van der Waals surface area contributed by atoms with E-state index in [-0.39, 0.29) is 12.5 Å². The highest BCUT2D eigenvalue weighted by atomic mass is 16.5. The number of benzene rings is 3. The number of aromatic nitrogens is 2. The van der Waals surface area contributed by atoms with E-state index < -0.39 is 0 Å². The minimum absolute atomic E-state index is 0.0300. The van der Waals surface area contributed by atoms with Crippen molar-refractivity contribution in [1.82, 2.24) is 19.8 Å². The van der Waals surface area contributed by atoms with Gasteiger partial charge in [0, 0.05) is 18.8 Å². The number of nitrogens with one attached hydrogen (secondary N) is 1. The predicted octanol–water partition coefficient (Wildman–Crippen LogP) is 4.67. The molecule has 1 fully saturated rings. The smallest absolute Gasteiger partial charge is 0.257 e. The first-order chi connectivity index (χ1) is 16.8. The summed E-state index contributed by atoms with van der Waals surface area (Å²) in [6, 6.07) is 24.3. The molecule has 0 saturated carbocycles. The van der Waals surface area contributed by atoms with E-state index in [9.17, 15) is 4.79 Å². The number of rotatable bonds is 8. The van der Waals surface area contributed by atoms with Gasteiger partial charge in [-0.25, -0.2) is 4.98 Å². The maximum atomic E-state index is 12.1. The van der Waals surface area contributed by atoms with Crippen LogP contribution >= 0.6 is 0 Å². The number of nitrogens with zero attached hydrogens (tertiary/aromatic N) is 3. The fourth-order valence-electron chi connectivity index (χ4n) is 4.47. The second-order valence-electron chi connectivity index (χ2n) is 8.72. The molecule has 4 aromatic rings. The summed E-state index contributed by atoms with van der Waals surface area (Å²) in [6.07, 6.45) is 5.71. The van der Waals surface area contributed by atoms with E-state index in [1.54, 1.807) is 0 Å². The standard InChI is InChI=1S/C28H30N4O2/c33-28(29-15-18-31-16-5-2-6-17-31)20-34-25-12-9-22(10-13-25)23-11-14-27-26(19-23)30-21-32(27)24-7-3-1-4-8-24/h1,3-4,7-14,19,21H,2,5-6,15-18,20H2,(H,29,33). The normalized spacial score (nSPS) is 14.2. The first-order valence-electron chi connectivity index (χ1n) is 12.0. The summed E-state index contributed by atoms with van der Waals surface area (Å²) in [4.78, 5) is 19.1. The Morgan fingerprint density at radius 2 is 1.68 bits per heavy atom. The van der Waals surface area contributed by atoms with Crippen LogP contribution in [0, 0.1) is 0 Å². The van der Waals surface area contributed by atoms with E-state index in [0.29, 0.717) is 12.3 Å². The lowest BCUT2D eigenvalue weighted by molar-refractivity contribution is -0.123. The number of hydrogen-bond acceptors (Lipinski definition) is 4. The zero-order chi connectivity index (χ0) is 23.2. The summed E-state index contributed by atoms with van der Waals surface area (Å²) in [6.45, 7) is 3.89. The van der Waals surface area contributed by atoms with Gasteiger partial charge < -0.3 is 15.0 Å². The quantitative estimate of drug-likeness (QED) is 0.420. The molecule has 34 heavy (non-hydrogen) atoms. The molecule has 0 spiro atoms. The zero-order valence-electron chi connectivity index (χ0n) is 19.3. The van der Waals surface area contributed by atoms with Crippen molar-refractivity contribution < 1.29 is 9.53 Å². The molecule has 1 saturated heterocycles. The zero-order valence-corrected chi connectivity index (χ0v) is 19.3. The number of para-hydroxylation sites is 1.